The Morgan fingerprint density at radius 1 is 1.39 bits per heavy atom. The predicted molar refractivity (Wildman–Crippen MR) is 86.9 cm³/mol. The highest BCUT2D eigenvalue weighted by Crippen LogP contribution is 2.38. The maximum absolute atomic E-state index is 12.6. The summed E-state index contributed by atoms with van der Waals surface area (Å²) in [5.74, 6) is 1.59. The van der Waals surface area contributed by atoms with E-state index in [1.165, 1.54) is 0 Å². The van der Waals surface area contributed by atoms with E-state index in [1.807, 2.05) is 26.8 Å². The molecule has 1 aromatic heterocycles. The molecule has 1 fully saturated rings. The minimum Gasteiger partial charge on any atom is -0.399 e. The number of nitrogens with zero attached hydrogens (tertiary/aromatic N) is 2. The summed E-state index contributed by atoms with van der Waals surface area (Å²) in [7, 11) is 0. The fourth-order valence-electron chi connectivity index (χ4n) is 2.50. The summed E-state index contributed by atoms with van der Waals surface area (Å²) < 4.78 is 5.38. The SMILES string of the molecule is Cc1ccc(N)cc1C(=O)NC(c1nc(C2CC2)no1)C(C)C. The Morgan fingerprint density at radius 2 is 2.13 bits per heavy atom. The number of amides is 1. The second-order valence-corrected chi connectivity index (χ2v) is 6.53. The van der Waals surface area contributed by atoms with Crippen molar-refractivity contribution in [3.63, 3.8) is 0 Å². The zero-order valence-electron chi connectivity index (χ0n) is 13.7. The van der Waals surface area contributed by atoms with Crippen LogP contribution in [0.5, 0.6) is 0 Å². The molecular weight excluding hydrogens is 292 g/mol. The second kappa shape index (κ2) is 6.02. The van der Waals surface area contributed by atoms with Crippen LogP contribution in [0.4, 0.5) is 5.69 Å². The van der Waals surface area contributed by atoms with Crippen LogP contribution in [0.1, 0.15) is 66.3 Å². The molecule has 3 N–H and O–H groups in total. The molecule has 1 amide bonds. The third kappa shape index (κ3) is 3.36. The number of carbonyl (C=O) groups excluding carboxylic acids is 1. The molecule has 1 unspecified atom stereocenters. The minimum atomic E-state index is -0.316. The van der Waals surface area contributed by atoms with Gasteiger partial charge in [0.15, 0.2) is 5.82 Å². The maximum atomic E-state index is 12.6. The lowest BCUT2D eigenvalue weighted by molar-refractivity contribution is 0.0913. The molecule has 0 radical (unpaired) electrons. The zero-order chi connectivity index (χ0) is 16.6. The number of aryl methyl sites for hydroxylation is 1. The van der Waals surface area contributed by atoms with E-state index in [0.717, 1.165) is 24.2 Å². The lowest BCUT2D eigenvalue weighted by atomic mass is 10.0. The van der Waals surface area contributed by atoms with Crippen LogP contribution in [0.25, 0.3) is 0 Å². The van der Waals surface area contributed by atoms with Gasteiger partial charge in [0.25, 0.3) is 5.91 Å². The molecule has 2 aromatic rings. The molecule has 23 heavy (non-hydrogen) atoms. The van der Waals surface area contributed by atoms with E-state index < -0.39 is 0 Å². The molecule has 122 valence electrons. The molecule has 6 nitrogen and oxygen atoms in total. The Bertz CT molecular complexity index is 719. The highest BCUT2D eigenvalue weighted by Gasteiger charge is 2.31. The molecular formula is C17H22N4O2. The summed E-state index contributed by atoms with van der Waals surface area (Å²) in [6.45, 7) is 5.91. The zero-order valence-corrected chi connectivity index (χ0v) is 13.7. The number of carbonyl (C=O) groups is 1. The topological polar surface area (TPSA) is 94.0 Å². The van der Waals surface area contributed by atoms with Gasteiger partial charge in [-0.15, -0.1) is 0 Å². The van der Waals surface area contributed by atoms with Crippen molar-refractivity contribution in [2.24, 2.45) is 5.92 Å². The van der Waals surface area contributed by atoms with Gasteiger partial charge in [-0.3, -0.25) is 4.79 Å². The predicted octanol–water partition coefficient (Wildman–Crippen LogP) is 2.96. The minimum absolute atomic E-state index is 0.132. The standard InChI is InChI=1S/C17H22N4O2/c1-9(2)14(17-20-15(21-23-17)11-5-6-11)19-16(22)13-8-12(18)7-4-10(13)3/h4,7-9,11,14H,5-6,18H2,1-3H3,(H,19,22). The van der Waals surface area contributed by atoms with Crippen LogP contribution in [-0.2, 0) is 0 Å². The molecule has 1 aliphatic carbocycles. The third-order valence-corrected chi connectivity index (χ3v) is 4.13. The van der Waals surface area contributed by atoms with E-state index in [0.29, 0.717) is 23.1 Å². The van der Waals surface area contributed by atoms with Gasteiger partial charge in [-0.1, -0.05) is 25.1 Å². The summed E-state index contributed by atoms with van der Waals surface area (Å²) in [6.07, 6.45) is 2.22. The Labute approximate surface area is 135 Å². The number of hydrogen-bond acceptors (Lipinski definition) is 5. The summed E-state index contributed by atoms with van der Waals surface area (Å²) in [5, 5.41) is 7.03. The first-order chi connectivity index (χ1) is 11.0. The van der Waals surface area contributed by atoms with Crippen LogP contribution >= 0.6 is 0 Å². The first-order valence-electron chi connectivity index (χ1n) is 7.96. The fourth-order valence-corrected chi connectivity index (χ4v) is 2.50. The Balaban J connectivity index is 1.81. The smallest absolute Gasteiger partial charge is 0.252 e. The van der Waals surface area contributed by atoms with Crippen LogP contribution in [0.15, 0.2) is 22.7 Å². The lowest BCUT2D eigenvalue weighted by Crippen LogP contribution is -2.32. The molecule has 1 aromatic carbocycles. The molecule has 0 spiro atoms. The van der Waals surface area contributed by atoms with Gasteiger partial charge in [-0.05, 0) is 43.4 Å². The largest absolute Gasteiger partial charge is 0.399 e. The van der Waals surface area contributed by atoms with E-state index in [9.17, 15) is 4.79 Å². The van der Waals surface area contributed by atoms with Crippen molar-refractivity contribution in [1.29, 1.82) is 0 Å². The molecule has 0 aliphatic heterocycles. The van der Waals surface area contributed by atoms with Crippen LogP contribution in [-0.4, -0.2) is 16.0 Å². The summed E-state index contributed by atoms with van der Waals surface area (Å²) in [5.41, 5.74) is 7.80. The average Bonchev–Trinajstić information content (AvgIpc) is 3.25. The molecule has 1 aliphatic rings. The second-order valence-electron chi connectivity index (χ2n) is 6.53. The van der Waals surface area contributed by atoms with E-state index in [1.54, 1.807) is 12.1 Å². The Morgan fingerprint density at radius 3 is 2.78 bits per heavy atom. The average molecular weight is 314 g/mol. The normalized spacial score (nSPS) is 15.7. The number of nitrogens with one attached hydrogen (secondary N) is 1. The number of benzene rings is 1. The molecule has 3 rings (SSSR count). The van der Waals surface area contributed by atoms with Gasteiger partial charge >= 0.3 is 0 Å². The van der Waals surface area contributed by atoms with Gasteiger partial charge in [0.1, 0.15) is 6.04 Å². The lowest BCUT2D eigenvalue weighted by Gasteiger charge is -2.19. The van der Waals surface area contributed by atoms with E-state index >= 15 is 0 Å². The summed E-state index contributed by atoms with van der Waals surface area (Å²) >= 11 is 0. The van der Waals surface area contributed by atoms with Gasteiger partial charge in [0, 0.05) is 17.2 Å². The van der Waals surface area contributed by atoms with Gasteiger partial charge in [-0.25, -0.2) is 0 Å². The van der Waals surface area contributed by atoms with Gasteiger partial charge in [0.2, 0.25) is 5.89 Å². The van der Waals surface area contributed by atoms with E-state index in [-0.39, 0.29) is 17.9 Å². The van der Waals surface area contributed by atoms with Crippen molar-refractivity contribution in [2.75, 3.05) is 5.73 Å². The number of nitrogen functional groups attached to an aromatic ring is 1. The molecule has 0 bridgehead atoms. The number of anilines is 1. The monoisotopic (exact) mass is 314 g/mol. The number of rotatable bonds is 5. The highest BCUT2D eigenvalue weighted by molar-refractivity contribution is 5.96. The maximum Gasteiger partial charge on any atom is 0.252 e. The van der Waals surface area contributed by atoms with Crippen molar-refractivity contribution in [3.05, 3.63) is 41.0 Å². The Hall–Kier alpha value is -2.37. The molecule has 1 atom stereocenters. The van der Waals surface area contributed by atoms with Gasteiger partial charge in [0.05, 0.1) is 0 Å². The fraction of sp³-hybridized carbons (Fsp3) is 0.471. The first-order valence-corrected chi connectivity index (χ1v) is 7.96. The molecule has 0 saturated heterocycles. The van der Waals surface area contributed by atoms with Gasteiger partial charge < -0.3 is 15.6 Å². The third-order valence-electron chi connectivity index (χ3n) is 4.13. The van der Waals surface area contributed by atoms with E-state index in [4.69, 9.17) is 10.3 Å². The Kier molecular flexibility index (Phi) is 4.07. The molecule has 1 saturated carbocycles. The van der Waals surface area contributed by atoms with Crippen molar-refractivity contribution >= 4 is 11.6 Å². The van der Waals surface area contributed by atoms with Crippen molar-refractivity contribution in [1.82, 2.24) is 15.5 Å². The number of nitrogens with two attached hydrogens (primary N) is 1. The van der Waals surface area contributed by atoms with E-state index in [2.05, 4.69) is 15.5 Å². The van der Waals surface area contributed by atoms with Crippen LogP contribution in [0.3, 0.4) is 0 Å². The van der Waals surface area contributed by atoms with Crippen molar-refractivity contribution < 1.29 is 9.32 Å². The van der Waals surface area contributed by atoms with Crippen molar-refractivity contribution in [2.45, 2.75) is 45.6 Å². The molecule has 6 heteroatoms. The van der Waals surface area contributed by atoms with Crippen LogP contribution in [0.2, 0.25) is 0 Å². The van der Waals surface area contributed by atoms with Crippen LogP contribution in [0, 0.1) is 12.8 Å². The number of aromatic nitrogens is 2. The summed E-state index contributed by atoms with van der Waals surface area (Å²) in [4.78, 5) is 17.1. The highest BCUT2D eigenvalue weighted by atomic mass is 16.5. The quantitative estimate of drug-likeness (QED) is 0.827. The first kappa shape index (κ1) is 15.5. The molecule has 1 heterocycles. The van der Waals surface area contributed by atoms with Crippen LogP contribution < -0.4 is 11.1 Å². The van der Waals surface area contributed by atoms with Gasteiger partial charge in [-0.2, -0.15) is 4.98 Å². The summed E-state index contributed by atoms with van der Waals surface area (Å²) in [6, 6.07) is 4.99. The number of hydrogen-bond donors (Lipinski definition) is 2. The van der Waals surface area contributed by atoms with Crippen molar-refractivity contribution in [3.8, 4) is 0 Å².